The largest absolute Gasteiger partial charge is 0.482 e. The highest BCUT2D eigenvalue weighted by molar-refractivity contribution is 7.07. The summed E-state index contributed by atoms with van der Waals surface area (Å²) in [4.78, 5) is 17.3. The molecule has 6 nitrogen and oxygen atoms in total. The van der Waals surface area contributed by atoms with Gasteiger partial charge in [-0.15, -0.1) is 11.3 Å². The lowest BCUT2D eigenvalue weighted by atomic mass is 9.99. The number of anilines is 1. The summed E-state index contributed by atoms with van der Waals surface area (Å²) in [6.07, 6.45) is 8.00. The minimum atomic E-state index is -0.290. The first-order valence-electron chi connectivity index (χ1n) is 11.3. The third-order valence-corrected chi connectivity index (χ3v) is 6.63. The predicted molar refractivity (Wildman–Crippen MR) is 129 cm³/mol. The van der Waals surface area contributed by atoms with Crippen LogP contribution in [0.3, 0.4) is 0 Å². The number of nitrogens with one attached hydrogen (secondary N) is 1. The third kappa shape index (κ3) is 5.06. The Bertz CT molecular complexity index is 1250. The van der Waals surface area contributed by atoms with E-state index in [1.807, 2.05) is 28.3 Å². The number of hydrogen-bond acceptors (Lipinski definition) is 5. The number of rotatable bonds is 3. The summed E-state index contributed by atoms with van der Waals surface area (Å²) in [5.41, 5.74) is 4.29. The maximum absolute atomic E-state index is 13.4. The average Bonchev–Trinajstić information content (AvgIpc) is 3.18. The van der Waals surface area contributed by atoms with E-state index >= 15 is 0 Å². The molecule has 2 aliphatic rings. The number of hydrogen-bond donors (Lipinski definition) is 1. The van der Waals surface area contributed by atoms with Crippen molar-refractivity contribution in [1.82, 2.24) is 4.68 Å². The molecule has 1 fully saturated rings. The molecule has 33 heavy (non-hydrogen) atoms. The van der Waals surface area contributed by atoms with Crippen molar-refractivity contribution < 1.29 is 13.9 Å². The van der Waals surface area contributed by atoms with E-state index < -0.39 is 0 Å². The molecule has 1 saturated carbocycles. The van der Waals surface area contributed by atoms with Crippen molar-refractivity contribution in [1.29, 1.82) is 0 Å². The first-order valence-corrected chi connectivity index (χ1v) is 12.2. The Balaban J connectivity index is 1.60. The monoisotopic (exact) mass is 464 g/mol. The number of amides is 1. The summed E-state index contributed by atoms with van der Waals surface area (Å²) in [7, 11) is 0. The smallest absolute Gasteiger partial charge is 0.262 e. The third-order valence-electron chi connectivity index (χ3n) is 5.82. The zero-order valence-corrected chi connectivity index (χ0v) is 19.0. The molecule has 1 N–H and O–H groups in total. The van der Waals surface area contributed by atoms with Gasteiger partial charge < -0.3 is 10.1 Å². The van der Waals surface area contributed by atoms with Gasteiger partial charge in [-0.1, -0.05) is 19.3 Å². The fraction of sp³-hybridized carbons (Fsp3) is 0.320. The van der Waals surface area contributed by atoms with E-state index in [-0.39, 0.29) is 18.3 Å². The van der Waals surface area contributed by atoms with Gasteiger partial charge in [0.1, 0.15) is 11.6 Å². The molecule has 0 unspecified atom stereocenters. The van der Waals surface area contributed by atoms with Crippen LogP contribution in [0, 0.1) is 5.82 Å². The second-order valence-electron chi connectivity index (χ2n) is 8.29. The summed E-state index contributed by atoms with van der Waals surface area (Å²) in [6, 6.07) is 11.9. The van der Waals surface area contributed by atoms with Gasteiger partial charge >= 0.3 is 0 Å². The van der Waals surface area contributed by atoms with Crippen LogP contribution in [0.1, 0.15) is 44.9 Å². The average molecular weight is 465 g/mol. The summed E-state index contributed by atoms with van der Waals surface area (Å²) in [5, 5.41) is 9.94. The molecule has 1 aliphatic heterocycles. The van der Waals surface area contributed by atoms with E-state index in [2.05, 4.69) is 5.32 Å². The lowest BCUT2D eigenvalue weighted by Gasteiger charge is -2.18. The molecule has 170 valence electrons. The quantitative estimate of drug-likeness (QED) is 0.527. The van der Waals surface area contributed by atoms with Crippen molar-refractivity contribution in [3.05, 3.63) is 58.5 Å². The van der Waals surface area contributed by atoms with Crippen LogP contribution < -0.4 is 14.9 Å². The van der Waals surface area contributed by atoms with Crippen LogP contribution in [-0.4, -0.2) is 22.9 Å². The van der Waals surface area contributed by atoms with Crippen LogP contribution in [0.15, 0.2) is 57.9 Å². The van der Waals surface area contributed by atoms with Crippen LogP contribution in [0.2, 0.25) is 0 Å². The molecule has 1 amide bonds. The summed E-state index contributed by atoms with van der Waals surface area (Å²) >= 11 is 1.48. The predicted octanol–water partition coefficient (Wildman–Crippen LogP) is 5.87. The van der Waals surface area contributed by atoms with Gasteiger partial charge in [0.05, 0.1) is 17.1 Å². The summed E-state index contributed by atoms with van der Waals surface area (Å²) < 4.78 is 20.8. The molecule has 2 heterocycles. The fourth-order valence-corrected chi connectivity index (χ4v) is 4.95. The first-order chi connectivity index (χ1) is 16.2. The fourth-order valence-electron chi connectivity index (χ4n) is 4.10. The van der Waals surface area contributed by atoms with E-state index in [9.17, 15) is 9.18 Å². The second-order valence-corrected chi connectivity index (χ2v) is 9.12. The maximum atomic E-state index is 13.4. The second kappa shape index (κ2) is 9.70. The molecule has 0 radical (unpaired) electrons. The number of nitrogens with zero attached hydrogens (tertiary/aromatic N) is 3. The Labute approximate surface area is 195 Å². The van der Waals surface area contributed by atoms with Gasteiger partial charge in [0.15, 0.2) is 6.61 Å². The molecule has 0 spiro atoms. The van der Waals surface area contributed by atoms with Gasteiger partial charge in [-0.2, -0.15) is 5.10 Å². The van der Waals surface area contributed by atoms with Gasteiger partial charge in [-0.25, -0.2) is 14.1 Å². The van der Waals surface area contributed by atoms with E-state index in [1.54, 1.807) is 12.1 Å². The number of ether oxygens (including phenoxy) is 1. The SMILES string of the molecule is O=C1COc2ccc(-c3csc(=Nc4ccc(F)cc4)n3N=C3CCCCCCC3)cc2N1. The number of thiazole rings is 1. The van der Waals surface area contributed by atoms with Crippen molar-refractivity contribution in [3.8, 4) is 17.0 Å². The Kier molecular flexibility index (Phi) is 6.35. The number of carbonyl (C=O) groups excluding carboxylic acids is 1. The number of fused-ring (bicyclic) bond motifs is 1. The van der Waals surface area contributed by atoms with Crippen molar-refractivity contribution in [3.63, 3.8) is 0 Å². The minimum absolute atomic E-state index is 0.0269. The summed E-state index contributed by atoms with van der Waals surface area (Å²) in [5.74, 6) is 0.198. The first kappa shape index (κ1) is 21.6. The van der Waals surface area contributed by atoms with Crippen molar-refractivity contribution in [2.75, 3.05) is 11.9 Å². The molecular formula is C25H25FN4O2S. The Morgan fingerprint density at radius 1 is 1.00 bits per heavy atom. The molecule has 0 saturated heterocycles. The van der Waals surface area contributed by atoms with E-state index in [0.29, 0.717) is 21.9 Å². The Morgan fingerprint density at radius 2 is 1.76 bits per heavy atom. The lowest BCUT2D eigenvalue weighted by Crippen LogP contribution is -2.25. The Morgan fingerprint density at radius 3 is 2.55 bits per heavy atom. The van der Waals surface area contributed by atoms with Gasteiger partial charge in [0.2, 0.25) is 4.80 Å². The van der Waals surface area contributed by atoms with Gasteiger partial charge in [-0.05, 0) is 68.1 Å². The van der Waals surface area contributed by atoms with Crippen molar-refractivity contribution in [2.45, 2.75) is 44.9 Å². The van der Waals surface area contributed by atoms with Crippen LogP contribution in [0.4, 0.5) is 15.8 Å². The van der Waals surface area contributed by atoms with Crippen LogP contribution in [-0.2, 0) is 4.79 Å². The van der Waals surface area contributed by atoms with E-state index in [4.69, 9.17) is 14.8 Å². The van der Waals surface area contributed by atoms with Crippen molar-refractivity contribution in [2.24, 2.45) is 10.1 Å². The van der Waals surface area contributed by atoms with Gasteiger partial charge in [0, 0.05) is 16.7 Å². The lowest BCUT2D eigenvalue weighted by molar-refractivity contribution is -0.118. The maximum Gasteiger partial charge on any atom is 0.262 e. The minimum Gasteiger partial charge on any atom is -0.482 e. The normalized spacial score (nSPS) is 16.9. The molecule has 3 aromatic rings. The highest BCUT2D eigenvalue weighted by Gasteiger charge is 2.18. The zero-order chi connectivity index (χ0) is 22.6. The number of benzene rings is 2. The van der Waals surface area contributed by atoms with Crippen molar-refractivity contribution >= 4 is 34.3 Å². The standard InChI is InChI=1S/C25H25FN4O2S/c26-18-9-11-19(12-10-18)27-25-30(29-20-6-4-2-1-3-5-7-20)22(16-33-25)17-8-13-23-21(14-17)28-24(31)15-32-23/h8-14,16H,1-7,15H2,(H,28,31). The molecular weight excluding hydrogens is 439 g/mol. The molecule has 0 bridgehead atoms. The topological polar surface area (TPSA) is 68.0 Å². The highest BCUT2D eigenvalue weighted by atomic mass is 32.1. The molecule has 0 atom stereocenters. The van der Waals surface area contributed by atoms with Gasteiger partial charge in [-0.3, -0.25) is 4.79 Å². The highest BCUT2D eigenvalue weighted by Crippen LogP contribution is 2.33. The number of halogens is 1. The van der Waals surface area contributed by atoms with Crippen LogP contribution >= 0.6 is 11.3 Å². The van der Waals surface area contributed by atoms with E-state index in [0.717, 1.165) is 36.9 Å². The molecule has 1 aromatic heterocycles. The van der Waals surface area contributed by atoms with Gasteiger partial charge in [0.25, 0.3) is 5.91 Å². The molecule has 1 aliphatic carbocycles. The van der Waals surface area contributed by atoms with Crippen LogP contribution in [0.25, 0.3) is 11.3 Å². The number of aromatic nitrogens is 1. The van der Waals surface area contributed by atoms with Crippen LogP contribution in [0.5, 0.6) is 5.75 Å². The Hall–Kier alpha value is -3.26. The zero-order valence-electron chi connectivity index (χ0n) is 18.2. The van der Waals surface area contributed by atoms with E-state index in [1.165, 1.54) is 48.4 Å². The molecule has 8 heteroatoms. The molecule has 5 rings (SSSR count). The molecule has 2 aromatic carbocycles. The summed E-state index contributed by atoms with van der Waals surface area (Å²) in [6.45, 7) is 0.0269. The number of carbonyl (C=O) groups is 1.